The average Bonchev–Trinajstić information content (AvgIpc) is 3.32. The van der Waals surface area contributed by atoms with E-state index in [0.29, 0.717) is 5.92 Å². The highest BCUT2D eigenvalue weighted by Crippen LogP contribution is 2.21. The lowest BCUT2D eigenvalue weighted by Gasteiger charge is -2.02. The maximum absolute atomic E-state index is 4.72. The number of fused-ring (bicyclic) bond motifs is 2. The summed E-state index contributed by atoms with van der Waals surface area (Å²) < 4.78 is 0. The molecule has 0 saturated heterocycles. The van der Waals surface area contributed by atoms with Gasteiger partial charge >= 0.3 is 0 Å². The van der Waals surface area contributed by atoms with Crippen LogP contribution >= 0.6 is 23.5 Å². The predicted molar refractivity (Wildman–Crippen MR) is 126 cm³/mol. The fraction of sp³-hybridized carbons (Fsp3) is 0.478. The lowest BCUT2D eigenvalue weighted by Crippen LogP contribution is -2.28. The van der Waals surface area contributed by atoms with E-state index in [1.165, 1.54) is 43.9 Å². The molecule has 4 nitrogen and oxygen atoms in total. The van der Waals surface area contributed by atoms with Crippen LogP contribution < -0.4 is 10.7 Å². The molecule has 29 heavy (non-hydrogen) atoms. The van der Waals surface area contributed by atoms with Crippen molar-refractivity contribution in [2.75, 3.05) is 11.5 Å². The summed E-state index contributed by atoms with van der Waals surface area (Å²) in [5.74, 6) is 2.91. The summed E-state index contributed by atoms with van der Waals surface area (Å²) in [6, 6.07) is 8.23. The van der Waals surface area contributed by atoms with Crippen LogP contribution in [0.1, 0.15) is 51.9 Å². The largest absolute Gasteiger partial charge is 0.333 e. The minimum atomic E-state index is 0.612. The molecule has 2 N–H and O–H groups in total. The van der Waals surface area contributed by atoms with Crippen molar-refractivity contribution in [3.05, 3.63) is 35.0 Å². The van der Waals surface area contributed by atoms with Crippen molar-refractivity contribution >= 4 is 46.7 Å². The van der Waals surface area contributed by atoms with Gasteiger partial charge in [0.05, 0.1) is 21.7 Å². The fourth-order valence-electron chi connectivity index (χ4n) is 3.62. The Morgan fingerprint density at radius 1 is 0.897 bits per heavy atom. The molecular formula is C23H30N4S2. The van der Waals surface area contributed by atoms with Crippen molar-refractivity contribution < 1.29 is 0 Å². The number of aromatic amines is 2. The third-order valence-corrected chi connectivity index (χ3v) is 7.18. The van der Waals surface area contributed by atoms with Crippen LogP contribution in [-0.4, -0.2) is 31.4 Å². The van der Waals surface area contributed by atoms with Gasteiger partial charge < -0.3 is 9.97 Å². The van der Waals surface area contributed by atoms with E-state index in [1.54, 1.807) is 0 Å². The number of nitrogens with zero attached hydrogens (tertiary/aromatic N) is 2. The number of nitrogens with one attached hydrogen (secondary N) is 2. The van der Waals surface area contributed by atoms with E-state index in [4.69, 9.17) is 4.98 Å². The van der Waals surface area contributed by atoms with Gasteiger partial charge in [-0.15, -0.1) is 0 Å². The molecule has 0 aliphatic heterocycles. The van der Waals surface area contributed by atoms with Crippen LogP contribution in [0.25, 0.3) is 23.2 Å². The Hall–Kier alpha value is -1.66. The third-order valence-electron chi connectivity index (χ3n) is 5.26. The maximum atomic E-state index is 4.72. The van der Waals surface area contributed by atoms with E-state index in [-0.39, 0.29) is 0 Å². The summed E-state index contributed by atoms with van der Waals surface area (Å²) in [7, 11) is 0. The zero-order chi connectivity index (χ0) is 19.9. The zero-order valence-corrected chi connectivity index (χ0v) is 18.7. The van der Waals surface area contributed by atoms with Crippen LogP contribution in [0.15, 0.2) is 34.6 Å². The van der Waals surface area contributed by atoms with Crippen molar-refractivity contribution in [2.45, 2.75) is 62.2 Å². The molecule has 1 aromatic carbocycles. The van der Waals surface area contributed by atoms with Crippen molar-refractivity contribution in [2.24, 2.45) is 5.92 Å². The first kappa shape index (κ1) is 20.6. The summed E-state index contributed by atoms with van der Waals surface area (Å²) in [4.78, 5) is 16.2. The molecule has 2 aromatic heterocycles. The maximum Gasteiger partial charge on any atom is 0.166 e. The molecule has 0 spiro atoms. The number of thioether (sulfide) groups is 2. The van der Waals surface area contributed by atoms with Gasteiger partial charge in [0.15, 0.2) is 10.3 Å². The van der Waals surface area contributed by atoms with Crippen LogP contribution in [0, 0.1) is 5.92 Å². The second-order valence-electron chi connectivity index (χ2n) is 7.80. The molecule has 0 fully saturated rings. The first-order valence-electron chi connectivity index (χ1n) is 10.8. The molecule has 0 bridgehead atoms. The monoisotopic (exact) mass is 426 g/mol. The van der Waals surface area contributed by atoms with E-state index >= 15 is 0 Å². The summed E-state index contributed by atoms with van der Waals surface area (Å²) >= 11 is 3.71. The number of imidazole rings is 2. The molecule has 1 atom stereocenters. The van der Waals surface area contributed by atoms with Crippen molar-refractivity contribution in [1.82, 2.24) is 19.9 Å². The SMILES string of the molecule is CC1C=c2nc(SCCCCCCCCSc3nc4ccccc4[nH]3)[nH]c2=CC1. The van der Waals surface area contributed by atoms with Gasteiger partial charge in [0.2, 0.25) is 0 Å². The molecule has 4 rings (SSSR count). The van der Waals surface area contributed by atoms with Gasteiger partial charge in [0.1, 0.15) is 0 Å². The molecular weight excluding hydrogens is 396 g/mol. The Morgan fingerprint density at radius 2 is 1.59 bits per heavy atom. The first-order valence-corrected chi connectivity index (χ1v) is 12.7. The topological polar surface area (TPSA) is 57.4 Å². The number of H-pyrrole nitrogens is 2. The predicted octanol–water partition coefficient (Wildman–Crippen LogP) is 5.11. The van der Waals surface area contributed by atoms with Gasteiger partial charge in [-0.05, 0) is 37.3 Å². The first-order chi connectivity index (χ1) is 14.3. The van der Waals surface area contributed by atoms with Crippen LogP contribution in [0.4, 0.5) is 0 Å². The van der Waals surface area contributed by atoms with Crippen LogP contribution in [-0.2, 0) is 0 Å². The number of unbranched alkanes of at least 4 members (excludes halogenated alkanes) is 5. The van der Waals surface area contributed by atoms with Gasteiger partial charge in [-0.3, -0.25) is 0 Å². The van der Waals surface area contributed by atoms with Crippen LogP contribution in [0.3, 0.4) is 0 Å². The summed E-state index contributed by atoms with van der Waals surface area (Å²) in [6.45, 7) is 2.25. The number of aromatic nitrogens is 4. The van der Waals surface area contributed by atoms with Gasteiger partial charge in [-0.1, -0.05) is 80.4 Å². The van der Waals surface area contributed by atoms with E-state index in [0.717, 1.165) is 44.6 Å². The smallest absolute Gasteiger partial charge is 0.166 e. The fourth-order valence-corrected chi connectivity index (χ4v) is 5.39. The Balaban J connectivity index is 1.04. The third kappa shape index (κ3) is 5.92. The van der Waals surface area contributed by atoms with Crippen LogP contribution in [0.2, 0.25) is 0 Å². The number of para-hydroxylation sites is 2. The number of benzene rings is 1. The second-order valence-corrected chi connectivity index (χ2v) is 9.97. The van der Waals surface area contributed by atoms with Crippen molar-refractivity contribution in [1.29, 1.82) is 0 Å². The summed E-state index contributed by atoms with van der Waals surface area (Å²) in [6.07, 6.45) is 13.5. The molecule has 0 saturated carbocycles. The summed E-state index contributed by atoms with van der Waals surface area (Å²) in [5.41, 5.74) is 2.20. The Labute approximate surface area is 181 Å². The number of hydrogen-bond donors (Lipinski definition) is 2. The Kier molecular flexibility index (Phi) is 7.39. The molecule has 6 heteroatoms. The summed E-state index contributed by atoms with van der Waals surface area (Å²) in [5, 5.41) is 4.49. The minimum absolute atomic E-state index is 0.612. The van der Waals surface area contributed by atoms with Crippen molar-refractivity contribution in [3.63, 3.8) is 0 Å². The normalized spacial score (nSPS) is 15.8. The standard InChI is InChI=1S/C23H30N4S2/c1-17-12-13-20-21(16-17)27-23(26-20)29-15-9-5-3-2-4-8-14-28-22-24-18-10-6-7-11-19(18)25-22/h6-7,10-11,13,16-17H,2-5,8-9,12,14-15H2,1H3,(H,24,25)(H,26,27). The number of rotatable bonds is 11. The molecule has 1 aliphatic rings. The molecule has 3 aromatic rings. The van der Waals surface area contributed by atoms with Gasteiger partial charge in [-0.2, -0.15) is 0 Å². The van der Waals surface area contributed by atoms with E-state index in [1.807, 2.05) is 35.7 Å². The minimum Gasteiger partial charge on any atom is -0.333 e. The number of hydrogen-bond acceptors (Lipinski definition) is 4. The highest BCUT2D eigenvalue weighted by Gasteiger charge is 2.06. The van der Waals surface area contributed by atoms with E-state index < -0.39 is 0 Å². The molecule has 154 valence electrons. The molecule has 0 amide bonds. The molecule has 0 radical (unpaired) electrons. The quantitative estimate of drug-likeness (QED) is 0.330. The molecule has 1 unspecified atom stereocenters. The van der Waals surface area contributed by atoms with Gasteiger partial charge in [0.25, 0.3) is 0 Å². The zero-order valence-electron chi connectivity index (χ0n) is 17.1. The Morgan fingerprint density at radius 3 is 2.34 bits per heavy atom. The second kappa shape index (κ2) is 10.4. The highest BCUT2D eigenvalue weighted by molar-refractivity contribution is 7.99. The molecule has 2 heterocycles. The lowest BCUT2D eigenvalue weighted by molar-refractivity contribution is 0.629. The van der Waals surface area contributed by atoms with Crippen LogP contribution in [0.5, 0.6) is 0 Å². The highest BCUT2D eigenvalue weighted by atomic mass is 32.2. The van der Waals surface area contributed by atoms with E-state index in [9.17, 15) is 0 Å². The van der Waals surface area contributed by atoms with Gasteiger partial charge in [-0.25, -0.2) is 9.97 Å². The van der Waals surface area contributed by atoms with E-state index in [2.05, 4.69) is 46.2 Å². The average molecular weight is 427 g/mol. The lowest BCUT2D eigenvalue weighted by atomic mass is 10.0. The Bertz CT molecular complexity index is 1000. The van der Waals surface area contributed by atoms with Crippen molar-refractivity contribution in [3.8, 4) is 0 Å². The van der Waals surface area contributed by atoms with Gasteiger partial charge in [0, 0.05) is 11.5 Å². The molecule has 1 aliphatic carbocycles.